The molecule has 0 unspecified atom stereocenters. The van der Waals surface area contributed by atoms with Crippen molar-refractivity contribution in [2.24, 2.45) is 7.05 Å². The van der Waals surface area contributed by atoms with Crippen LogP contribution in [0, 0.1) is 5.82 Å². The lowest BCUT2D eigenvalue weighted by Gasteiger charge is -2.24. The zero-order valence-corrected chi connectivity index (χ0v) is 19.3. The van der Waals surface area contributed by atoms with Gasteiger partial charge in [-0.1, -0.05) is 0 Å². The Morgan fingerprint density at radius 1 is 1.06 bits per heavy atom. The molecule has 0 spiro atoms. The zero-order valence-electron chi connectivity index (χ0n) is 18.5. The van der Waals surface area contributed by atoms with Gasteiger partial charge >= 0.3 is 0 Å². The first-order valence-corrected chi connectivity index (χ1v) is 11.9. The Labute approximate surface area is 199 Å². The van der Waals surface area contributed by atoms with Gasteiger partial charge in [0.15, 0.2) is 11.5 Å². The molecule has 1 aliphatic rings. The standard InChI is InChI=1S/C24H22FN7OS/c1-31-13-17(11-27-31)16-10-21(25)23-29-30-24(32(23)14-16)34-20-2-3-22-15(9-20)8-19(12-26-22)28-18-4-6-33-7-5-18/h2-3,8-14,18,28H,4-7H2,1H3. The van der Waals surface area contributed by atoms with Crippen LogP contribution in [0.25, 0.3) is 27.7 Å². The van der Waals surface area contributed by atoms with E-state index in [-0.39, 0.29) is 5.65 Å². The van der Waals surface area contributed by atoms with Gasteiger partial charge in [0.25, 0.3) is 0 Å². The normalized spacial score (nSPS) is 14.8. The Balaban J connectivity index is 1.30. The van der Waals surface area contributed by atoms with Crippen LogP contribution in [-0.2, 0) is 11.8 Å². The van der Waals surface area contributed by atoms with Gasteiger partial charge in [-0.3, -0.25) is 14.1 Å². The molecule has 1 aromatic carbocycles. The van der Waals surface area contributed by atoms with Crippen LogP contribution in [0.2, 0.25) is 0 Å². The number of benzene rings is 1. The van der Waals surface area contributed by atoms with Crippen LogP contribution in [0.3, 0.4) is 0 Å². The van der Waals surface area contributed by atoms with Crippen molar-refractivity contribution in [3.05, 3.63) is 60.9 Å². The molecule has 0 atom stereocenters. The van der Waals surface area contributed by atoms with E-state index in [1.54, 1.807) is 15.3 Å². The molecule has 1 fully saturated rings. The van der Waals surface area contributed by atoms with Crippen LogP contribution in [0.5, 0.6) is 0 Å². The molecule has 10 heteroatoms. The highest BCUT2D eigenvalue weighted by atomic mass is 32.2. The maximum atomic E-state index is 14.8. The van der Waals surface area contributed by atoms with E-state index in [2.05, 4.69) is 37.7 Å². The Hall–Kier alpha value is -3.50. The summed E-state index contributed by atoms with van der Waals surface area (Å²) in [6.07, 6.45) is 9.26. The Morgan fingerprint density at radius 2 is 1.94 bits per heavy atom. The molecule has 8 nitrogen and oxygen atoms in total. The molecular formula is C24H22FN7OS. The Morgan fingerprint density at radius 3 is 2.76 bits per heavy atom. The van der Waals surface area contributed by atoms with Crippen molar-refractivity contribution in [1.29, 1.82) is 0 Å². The highest BCUT2D eigenvalue weighted by molar-refractivity contribution is 7.99. The molecule has 1 saturated heterocycles. The van der Waals surface area contributed by atoms with Crippen LogP contribution in [0.4, 0.5) is 10.1 Å². The molecule has 1 N–H and O–H groups in total. The number of fused-ring (bicyclic) bond motifs is 2. The van der Waals surface area contributed by atoms with E-state index >= 15 is 0 Å². The molecule has 172 valence electrons. The van der Waals surface area contributed by atoms with Gasteiger partial charge < -0.3 is 10.1 Å². The van der Waals surface area contributed by atoms with E-state index in [0.29, 0.717) is 16.8 Å². The highest BCUT2D eigenvalue weighted by Gasteiger charge is 2.16. The van der Waals surface area contributed by atoms with E-state index in [1.807, 2.05) is 37.8 Å². The molecule has 5 aromatic rings. The minimum absolute atomic E-state index is 0.195. The van der Waals surface area contributed by atoms with Gasteiger partial charge in [-0.15, -0.1) is 10.2 Å². The second-order valence-electron chi connectivity index (χ2n) is 8.37. The summed E-state index contributed by atoms with van der Waals surface area (Å²) in [5.41, 5.74) is 3.65. The number of hydrogen-bond donors (Lipinski definition) is 1. The van der Waals surface area contributed by atoms with E-state index in [0.717, 1.165) is 53.1 Å². The maximum Gasteiger partial charge on any atom is 0.200 e. The molecule has 4 aromatic heterocycles. The predicted octanol–water partition coefficient (Wildman–Crippen LogP) is 4.56. The lowest BCUT2D eigenvalue weighted by molar-refractivity contribution is 0.0904. The summed E-state index contributed by atoms with van der Waals surface area (Å²) in [6, 6.07) is 10.0. The van der Waals surface area contributed by atoms with Crippen molar-refractivity contribution in [3.63, 3.8) is 0 Å². The van der Waals surface area contributed by atoms with Crippen LogP contribution in [0.1, 0.15) is 12.8 Å². The first-order chi connectivity index (χ1) is 16.6. The maximum absolute atomic E-state index is 14.8. The summed E-state index contributed by atoms with van der Waals surface area (Å²) >= 11 is 1.44. The minimum Gasteiger partial charge on any atom is -0.381 e. The number of halogens is 1. The monoisotopic (exact) mass is 475 g/mol. The van der Waals surface area contributed by atoms with Gasteiger partial charge in [0.05, 0.1) is 23.6 Å². The average molecular weight is 476 g/mol. The number of hydrogen-bond acceptors (Lipinski definition) is 7. The SMILES string of the molecule is Cn1cc(-c2cc(F)c3nnc(Sc4ccc5ncc(NC6CCOCC6)cc5c4)n3c2)cn1. The number of aromatic nitrogens is 6. The summed E-state index contributed by atoms with van der Waals surface area (Å²) in [7, 11) is 1.83. The highest BCUT2D eigenvalue weighted by Crippen LogP contribution is 2.31. The van der Waals surface area contributed by atoms with Crippen molar-refractivity contribution in [2.75, 3.05) is 18.5 Å². The summed E-state index contributed by atoms with van der Waals surface area (Å²) in [6.45, 7) is 1.57. The summed E-state index contributed by atoms with van der Waals surface area (Å²) in [5.74, 6) is -0.424. The third-order valence-corrected chi connectivity index (χ3v) is 6.87. The van der Waals surface area contributed by atoms with Crippen LogP contribution < -0.4 is 5.32 Å². The first kappa shape index (κ1) is 21.1. The van der Waals surface area contributed by atoms with Gasteiger partial charge in [0.1, 0.15) is 0 Å². The molecule has 34 heavy (non-hydrogen) atoms. The number of aryl methyl sites for hydroxylation is 1. The second kappa shape index (κ2) is 8.69. The number of rotatable bonds is 5. The lowest BCUT2D eigenvalue weighted by atomic mass is 10.1. The smallest absolute Gasteiger partial charge is 0.200 e. The third-order valence-electron chi connectivity index (χ3n) is 5.92. The fraction of sp³-hybridized carbons (Fsp3) is 0.250. The van der Waals surface area contributed by atoms with Gasteiger partial charge in [0, 0.05) is 60.1 Å². The van der Waals surface area contributed by atoms with Crippen molar-refractivity contribution in [2.45, 2.75) is 28.9 Å². The molecule has 0 bridgehead atoms. The fourth-order valence-electron chi connectivity index (χ4n) is 4.17. The van der Waals surface area contributed by atoms with Gasteiger partial charge in [-0.05, 0) is 54.9 Å². The number of pyridine rings is 2. The van der Waals surface area contributed by atoms with Crippen LogP contribution >= 0.6 is 11.8 Å². The van der Waals surface area contributed by atoms with Crippen molar-refractivity contribution < 1.29 is 9.13 Å². The molecule has 0 amide bonds. The molecule has 5 heterocycles. The van der Waals surface area contributed by atoms with Crippen molar-refractivity contribution in [1.82, 2.24) is 29.4 Å². The molecule has 6 rings (SSSR count). The largest absolute Gasteiger partial charge is 0.381 e. The van der Waals surface area contributed by atoms with Gasteiger partial charge in [0.2, 0.25) is 5.16 Å². The van der Waals surface area contributed by atoms with Gasteiger partial charge in [-0.25, -0.2) is 4.39 Å². The number of nitrogens with zero attached hydrogens (tertiary/aromatic N) is 6. The van der Waals surface area contributed by atoms with E-state index in [9.17, 15) is 4.39 Å². The summed E-state index contributed by atoms with van der Waals surface area (Å²) in [4.78, 5) is 5.57. The summed E-state index contributed by atoms with van der Waals surface area (Å²) in [5, 5.41) is 17.7. The second-order valence-corrected chi connectivity index (χ2v) is 9.41. The molecule has 0 aliphatic carbocycles. The van der Waals surface area contributed by atoms with Crippen LogP contribution in [-0.4, -0.2) is 48.6 Å². The van der Waals surface area contributed by atoms with E-state index < -0.39 is 5.82 Å². The fourth-order valence-corrected chi connectivity index (χ4v) is 5.02. The number of nitrogens with one attached hydrogen (secondary N) is 1. The zero-order chi connectivity index (χ0) is 23.1. The van der Waals surface area contributed by atoms with Crippen molar-refractivity contribution >= 4 is 34.0 Å². The Kier molecular flexibility index (Phi) is 5.39. The topological polar surface area (TPSA) is 82.2 Å². The van der Waals surface area contributed by atoms with Crippen molar-refractivity contribution in [3.8, 4) is 11.1 Å². The number of ether oxygens (including phenoxy) is 1. The molecule has 0 saturated carbocycles. The third kappa shape index (κ3) is 4.10. The van der Waals surface area contributed by atoms with E-state index in [1.165, 1.54) is 17.8 Å². The average Bonchev–Trinajstić information content (AvgIpc) is 3.46. The quantitative estimate of drug-likeness (QED) is 0.399. The van der Waals surface area contributed by atoms with Crippen LogP contribution in [0.15, 0.2) is 65.2 Å². The first-order valence-electron chi connectivity index (χ1n) is 11.1. The Bertz CT molecular complexity index is 1490. The van der Waals surface area contributed by atoms with E-state index in [4.69, 9.17) is 4.74 Å². The molecule has 1 aliphatic heterocycles. The lowest BCUT2D eigenvalue weighted by Crippen LogP contribution is -2.27. The van der Waals surface area contributed by atoms with Gasteiger partial charge in [-0.2, -0.15) is 5.10 Å². The molecule has 0 radical (unpaired) electrons. The molecular weight excluding hydrogens is 453 g/mol. The predicted molar refractivity (Wildman–Crippen MR) is 128 cm³/mol. The summed E-state index contributed by atoms with van der Waals surface area (Å²) < 4.78 is 23.6. The number of anilines is 1. The minimum atomic E-state index is -0.424.